The molecule has 0 spiro atoms. The SMILES string of the molecule is O=C(Nc1nc(-c2ccc(I)cc2)cs1)c1ccncc1. The van der Waals surface area contributed by atoms with Crippen molar-refractivity contribution in [1.82, 2.24) is 9.97 Å². The molecular weight excluding hydrogens is 397 g/mol. The van der Waals surface area contributed by atoms with Crippen LogP contribution in [0, 0.1) is 3.57 Å². The van der Waals surface area contributed by atoms with Crippen molar-refractivity contribution in [2.75, 3.05) is 5.32 Å². The number of thiazole rings is 1. The summed E-state index contributed by atoms with van der Waals surface area (Å²) >= 11 is 3.67. The van der Waals surface area contributed by atoms with Gasteiger partial charge < -0.3 is 0 Å². The van der Waals surface area contributed by atoms with E-state index >= 15 is 0 Å². The maximum atomic E-state index is 12.0. The minimum atomic E-state index is -0.180. The number of pyridine rings is 1. The number of aromatic nitrogens is 2. The van der Waals surface area contributed by atoms with E-state index in [0.29, 0.717) is 10.7 Å². The minimum Gasteiger partial charge on any atom is -0.298 e. The van der Waals surface area contributed by atoms with Crippen molar-refractivity contribution in [3.8, 4) is 11.3 Å². The van der Waals surface area contributed by atoms with Crippen LogP contribution < -0.4 is 5.32 Å². The van der Waals surface area contributed by atoms with Gasteiger partial charge in [0.25, 0.3) is 5.91 Å². The molecule has 0 aliphatic carbocycles. The molecular formula is C15H10IN3OS. The van der Waals surface area contributed by atoms with Crippen molar-refractivity contribution >= 4 is 45.0 Å². The normalized spacial score (nSPS) is 10.3. The van der Waals surface area contributed by atoms with Gasteiger partial charge in [-0.1, -0.05) is 12.1 Å². The summed E-state index contributed by atoms with van der Waals surface area (Å²) in [6, 6.07) is 11.4. The quantitative estimate of drug-likeness (QED) is 0.667. The molecule has 0 bridgehead atoms. The summed E-state index contributed by atoms with van der Waals surface area (Å²) in [4.78, 5) is 20.4. The maximum Gasteiger partial charge on any atom is 0.257 e. The van der Waals surface area contributed by atoms with Crippen molar-refractivity contribution in [2.45, 2.75) is 0 Å². The van der Waals surface area contributed by atoms with Crippen LogP contribution in [-0.4, -0.2) is 15.9 Å². The molecule has 0 aliphatic rings. The van der Waals surface area contributed by atoms with Gasteiger partial charge in [0.05, 0.1) is 5.69 Å². The van der Waals surface area contributed by atoms with Crippen LogP contribution in [-0.2, 0) is 0 Å². The topological polar surface area (TPSA) is 54.9 Å². The first-order valence-electron chi connectivity index (χ1n) is 6.15. The molecule has 1 N–H and O–H groups in total. The fraction of sp³-hybridized carbons (Fsp3) is 0. The van der Waals surface area contributed by atoms with Gasteiger partial charge in [0, 0.05) is 32.5 Å². The fourth-order valence-corrected chi connectivity index (χ4v) is 2.83. The van der Waals surface area contributed by atoms with Gasteiger partial charge in [0.15, 0.2) is 5.13 Å². The Morgan fingerprint density at radius 1 is 1.10 bits per heavy atom. The zero-order chi connectivity index (χ0) is 14.7. The van der Waals surface area contributed by atoms with Crippen LogP contribution in [0.15, 0.2) is 54.2 Å². The molecule has 21 heavy (non-hydrogen) atoms. The highest BCUT2D eigenvalue weighted by molar-refractivity contribution is 14.1. The molecule has 2 heterocycles. The van der Waals surface area contributed by atoms with E-state index in [0.717, 1.165) is 11.3 Å². The van der Waals surface area contributed by atoms with Gasteiger partial charge in [-0.2, -0.15) is 0 Å². The Hall–Kier alpha value is -1.80. The van der Waals surface area contributed by atoms with Crippen LogP contribution in [0.3, 0.4) is 0 Å². The Morgan fingerprint density at radius 3 is 2.52 bits per heavy atom. The molecule has 1 amide bonds. The van der Waals surface area contributed by atoms with Gasteiger partial charge in [0.2, 0.25) is 0 Å². The van der Waals surface area contributed by atoms with E-state index in [1.54, 1.807) is 24.5 Å². The fourth-order valence-electron chi connectivity index (χ4n) is 1.76. The summed E-state index contributed by atoms with van der Waals surface area (Å²) in [5.41, 5.74) is 2.47. The predicted octanol–water partition coefficient (Wildman–Crippen LogP) is 4.06. The number of rotatable bonds is 3. The summed E-state index contributed by atoms with van der Waals surface area (Å²) in [5.74, 6) is -0.180. The predicted molar refractivity (Wildman–Crippen MR) is 92.5 cm³/mol. The third kappa shape index (κ3) is 3.45. The Morgan fingerprint density at radius 2 is 1.81 bits per heavy atom. The van der Waals surface area contributed by atoms with Gasteiger partial charge in [-0.25, -0.2) is 4.98 Å². The Bertz CT molecular complexity index is 756. The van der Waals surface area contributed by atoms with Crippen LogP contribution in [0.2, 0.25) is 0 Å². The molecule has 0 radical (unpaired) electrons. The van der Waals surface area contributed by atoms with Crippen molar-refractivity contribution < 1.29 is 4.79 Å². The second-order valence-electron chi connectivity index (χ2n) is 4.23. The summed E-state index contributed by atoms with van der Waals surface area (Å²) < 4.78 is 1.18. The Labute approximate surface area is 139 Å². The number of carbonyl (C=O) groups excluding carboxylic acids is 1. The van der Waals surface area contributed by atoms with Crippen molar-refractivity contribution in [3.63, 3.8) is 0 Å². The number of nitrogens with zero attached hydrogens (tertiary/aromatic N) is 2. The third-order valence-electron chi connectivity index (χ3n) is 2.81. The van der Waals surface area contributed by atoms with Crippen LogP contribution in [0.25, 0.3) is 11.3 Å². The van der Waals surface area contributed by atoms with Crippen LogP contribution in [0.4, 0.5) is 5.13 Å². The first-order valence-corrected chi connectivity index (χ1v) is 8.11. The number of anilines is 1. The van der Waals surface area contributed by atoms with E-state index < -0.39 is 0 Å². The molecule has 0 fully saturated rings. The molecule has 0 saturated carbocycles. The summed E-state index contributed by atoms with van der Waals surface area (Å²) in [6.07, 6.45) is 3.18. The monoisotopic (exact) mass is 407 g/mol. The first kappa shape index (κ1) is 14.2. The largest absolute Gasteiger partial charge is 0.298 e. The van der Waals surface area contributed by atoms with Gasteiger partial charge >= 0.3 is 0 Å². The van der Waals surface area contributed by atoms with Crippen molar-refractivity contribution in [1.29, 1.82) is 0 Å². The smallest absolute Gasteiger partial charge is 0.257 e. The maximum absolute atomic E-state index is 12.0. The van der Waals surface area contributed by atoms with E-state index in [2.05, 4.69) is 37.9 Å². The number of carbonyl (C=O) groups is 1. The molecule has 104 valence electrons. The zero-order valence-corrected chi connectivity index (χ0v) is 13.8. The average molecular weight is 407 g/mol. The number of benzene rings is 1. The van der Waals surface area contributed by atoms with Crippen LogP contribution >= 0.6 is 33.9 Å². The van der Waals surface area contributed by atoms with E-state index in [4.69, 9.17) is 0 Å². The first-order chi connectivity index (χ1) is 10.2. The van der Waals surface area contributed by atoms with Crippen LogP contribution in [0.5, 0.6) is 0 Å². The Balaban J connectivity index is 1.76. The summed E-state index contributed by atoms with van der Waals surface area (Å²) in [5, 5.41) is 5.32. The van der Waals surface area contributed by atoms with Gasteiger partial charge in [-0.3, -0.25) is 15.1 Å². The van der Waals surface area contributed by atoms with Gasteiger partial charge in [-0.15, -0.1) is 11.3 Å². The number of hydrogen-bond donors (Lipinski definition) is 1. The van der Waals surface area contributed by atoms with Crippen molar-refractivity contribution in [2.24, 2.45) is 0 Å². The number of hydrogen-bond acceptors (Lipinski definition) is 4. The highest BCUT2D eigenvalue weighted by atomic mass is 127. The summed E-state index contributed by atoms with van der Waals surface area (Å²) in [7, 11) is 0. The lowest BCUT2D eigenvalue weighted by atomic mass is 10.2. The second-order valence-corrected chi connectivity index (χ2v) is 6.34. The zero-order valence-electron chi connectivity index (χ0n) is 10.8. The van der Waals surface area contributed by atoms with E-state index in [1.807, 2.05) is 29.6 Å². The third-order valence-corrected chi connectivity index (χ3v) is 4.28. The standard InChI is InChI=1S/C15H10IN3OS/c16-12-3-1-10(2-4-12)13-9-21-15(18-13)19-14(20)11-5-7-17-8-6-11/h1-9H,(H,18,19,20). The highest BCUT2D eigenvalue weighted by Crippen LogP contribution is 2.25. The van der Waals surface area contributed by atoms with Gasteiger partial charge in [0.1, 0.15) is 0 Å². The molecule has 3 rings (SSSR count). The molecule has 2 aromatic heterocycles. The average Bonchev–Trinajstić information content (AvgIpc) is 2.97. The molecule has 0 aliphatic heterocycles. The number of amides is 1. The summed E-state index contributed by atoms with van der Waals surface area (Å²) in [6.45, 7) is 0. The lowest BCUT2D eigenvalue weighted by molar-refractivity contribution is 0.102. The van der Waals surface area contributed by atoms with Gasteiger partial charge in [-0.05, 0) is 46.9 Å². The minimum absolute atomic E-state index is 0.180. The molecule has 4 nitrogen and oxygen atoms in total. The van der Waals surface area contributed by atoms with E-state index in [-0.39, 0.29) is 5.91 Å². The van der Waals surface area contributed by atoms with Crippen LogP contribution in [0.1, 0.15) is 10.4 Å². The lowest BCUT2D eigenvalue weighted by Crippen LogP contribution is -2.11. The van der Waals surface area contributed by atoms with E-state index in [9.17, 15) is 4.79 Å². The molecule has 6 heteroatoms. The number of nitrogens with one attached hydrogen (secondary N) is 1. The van der Waals surface area contributed by atoms with E-state index in [1.165, 1.54) is 14.9 Å². The Kier molecular flexibility index (Phi) is 4.26. The molecule has 0 unspecified atom stereocenters. The molecule has 3 aromatic rings. The highest BCUT2D eigenvalue weighted by Gasteiger charge is 2.09. The second kappa shape index (κ2) is 6.31. The van der Waals surface area contributed by atoms with Crippen molar-refractivity contribution in [3.05, 3.63) is 63.3 Å². The lowest BCUT2D eigenvalue weighted by Gasteiger charge is -2.00. The molecule has 0 atom stereocenters. The number of halogens is 1. The molecule has 1 aromatic carbocycles. The molecule has 0 saturated heterocycles.